The van der Waals surface area contributed by atoms with Gasteiger partial charge in [0.1, 0.15) is 11.0 Å². The third-order valence-corrected chi connectivity index (χ3v) is 4.77. The second kappa shape index (κ2) is 6.01. The van der Waals surface area contributed by atoms with Crippen molar-refractivity contribution in [3.8, 4) is 5.75 Å². The van der Waals surface area contributed by atoms with Crippen LogP contribution in [-0.2, 0) is 15.0 Å². The van der Waals surface area contributed by atoms with Crippen LogP contribution in [0.4, 0.5) is 3.89 Å². The number of hydrogen-bond donors (Lipinski definition) is 0. The quantitative estimate of drug-likeness (QED) is 0.780. The van der Waals surface area contributed by atoms with Gasteiger partial charge >= 0.3 is 10.2 Å². The lowest BCUT2D eigenvalue weighted by atomic mass is 10.1. The summed E-state index contributed by atoms with van der Waals surface area (Å²) in [6, 6.07) is 6.88. The number of hydrogen-bond acceptors (Lipinski definition) is 4. The Morgan fingerprint density at radius 3 is 2.67 bits per heavy atom. The summed E-state index contributed by atoms with van der Waals surface area (Å²) in [5, 5.41) is -1.27. The Bertz CT molecular complexity index is 632. The van der Waals surface area contributed by atoms with E-state index in [1.54, 1.807) is 13.0 Å². The smallest absolute Gasteiger partial charge is 0.307 e. The highest BCUT2D eigenvalue weighted by atomic mass is 32.3. The maximum atomic E-state index is 13.1. The first kappa shape index (κ1) is 15.8. The summed E-state index contributed by atoms with van der Waals surface area (Å²) in [5.41, 5.74) is 0.782. The summed E-state index contributed by atoms with van der Waals surface area (Å²) in [6.45, 7) is 4.00. The van der Waals surface area contributed by atoms with Crippen LogP contribution in [0.2, 0.25) is 0 Å². The highest BCUT2D eigenvalue weighted by Crippen LogP contribution is 2.33. The fraction of sp³-hybridized carbons (Fsp3) is 0.500. The molecule has 116 valence electrons. The van der Waals surface area contributed by atoms with Crippen LogP contribution in [0.15, 0.2) is 24.3 Å². The third kappa shape index (κ3) is 3.34. The molecule has 0 aromatic heterocycles. The van der Waals surface area contributed by atoms with Crippen LogP contribution in [0.3, 0.4) is 0 Å². The Hall–Kier alpha value is -1.63. The van der Waals surface area contributed by atoms with E-state index in [1.807, 2.05) is 25.1 Å². The van der Waals surface area contributed by atoms with Gasteiger partial charge in [-0.1, -0.05) is 18.2 Å². The van der Waals surface area contributed by atoms with Gasteiger partial charge in [0.25, 0.3) is 0 Å². The molecule has 1 aromatic carbocycles. The number of halogens is 1. The number of para-hydroxylation sites is 1. The first-order valence-corrected chi connectivity index (χ1v) is 8.24. The average Bonchev–Trinajstić information content (AvgIpc) is 2.81. The standard InChI is InChI=1S/C14H18FNO4S/c1-3-20-13-7-5-4-6-12(13)10(2)16-9-11(8-14(16)17)21(15,18)19/h4-7,10-11H,3,8-9H2,1-2H3. The molecule has 1 aliphatic heterocycles. The first-order valence-electron chi connectivity index (χ1n) is 6.79. The molecule has 7 heteroatoms. The van der Waals surface area contributed by atoms with E-state index in [4.69, 9.17) is 4.74 Å². The van der Waals surface area contributed by atoms with Gasteiger partial charge in [-0.25, -0.2) is 0 Å². The second-order valence-corrected chi connectivity index (χ2v) is 6.61. The zero-order chi connectivity index (χ0) is 15.6. The van der Waals surface area contributed by atoms with Crippen LogP contribution in [0, 0.1) is 0 Å². The van der Waals surface area contributed by atoms with Gasteiger partial charge in [-0.05, 0) is 19.9 Å². The number of ether oxygens (including phenoxy) is 1. The Morgan fingerprint density at radius 1 is 1.43 bits per heavy atom. The van der Waals surface area contributed by atoms with Gasteiger partial charge in [-0.2, -0.15) is 8.42 Å². The van der Waals surface area contributed by atoms with Crippen molar-refractivity contribution in [1.29, 1.82) is 0 Å². The van der Waals surface area contributed by atoms with Crippen molar-refractivity contribution in [3.05, 3.63) is 29.8 Å². The molecule has 0 bridgehead atoms. The number of amides is 1. The molecule has 5 nitrogen and oxygen atoms in total. The average molecular weight is 315 g/mol. The molecule has 0 saturated carbocycles. The predicted molar refractivity (Wildman–Crippen MR) is 76.2 cm³/mol. The fourth-order valence-corrected chi connectivity index (χ4v) is 3.22. The van der Waals surface area contributed by atoms with Crippen LogP contribution in [0.25, 0.3) is 0 Å². The highest BCUT2D eigenvalue weighted by Gasteiger charge is 2.40. The van der Waals surface area contributed by atoms with Crippen LogP contribution >= 0.6 is 0 Å². The van der Waals surface area contributed by atoms with E-state index in [2.05, 4.69) is 0 Å². The van der Waals surface area contributed by atoms with Crippen molar-refractivity contribution in [1.82, 2.24) is 4.90 Å². The molecule has 2 rings (SSSR count). The van der Waals surface area contributed by atoms with Crippen LogP contribution in [-0.4, -0.2) is 37.6 Å². The Balaban J connectivity index is 2.25. The summed E-state index contributed by atoms with van der Waals surface area (Å²) >= 11 is 0. The number of likely N-dealkylation sites (tertiary alicyclic amines) is 1. The molecule has 1 heterocycles. The van der Waals surface area contributed by atoms with Crippen molar-refractivity contribution in [2.24, 2.45) is 0 Å². The summed E-state index contributed by atoms with van der Waals surface area (Å²) in [4.78, 5) is 13.4. The summed E-state index contributed by atoms with van der Waals surface area (Å²) in [6.07, 6.45) is -0.306. The van der Waals surface area contributed by atoms with Crippen molar-refractivity contribution in [2.75, 3.05) is 13.2 Å². The minimum Gasteiger partial charge on any atom is -0.494 e. The topological polar surface area (TPSA) is 63.7 Å². The first-order chi connectivity index (χ1) is 9.84. The summed E-state index contributed by atoms with van der Waals surface area (Å²) in [7, 11) is -4.70. The van der Waals surface area contributed by atoms with E-state index in [0.717, 1.165) is 5.56 Å². The molecule has 1 aromatic rings. The molecular weight excluding hydrogens is 297 g/mol. The molecule has 1 saturated heterocycles. The van der Waals surface area contributed by atoms with Gasteiger partial charge in [0, 0.05) is 18.5 Å². The van der Waals surface area contributed by atoms with E-state index in [1.165, 1.54) is 4.90 Å². The van der Waals surface area contributed by atoms with Gasteiger partial charge in [-0.3, -0.25) is 4.79 Å². The van der Waals surface area contributed by atoms with Crippen LogP contribution < -0.4 is 4.74 Å². The van der Waals surface area contributed by atoms with E-state index >= 15 is 0 Å². The summed E-state index contributed by atoms with van der Waals surface area (Å²) < 4.78 is 40.6. The molecule has 21 heavy (non-hydrogen) atoms. The largest absolute Gasteiger partial charge is 0.494 e. The molecular formula is C14H18FNO4S. The molecule has 1 amide bonds. The molecule has 0 N–H and O–H groups in total. The Labute approximate surface area is 123 Å². The SMILES string of the molecule is CCOc1ccccc1C(C)N1CC(S(=O)(=O)F)CC1=O. The monoisotopic (exact) mass is 315 g/mol. The maximum absolute atomic E-state index is 13.1. The van der Waals surface area contributed by atoms with E-state index in [-0.39, 0.29) is 24.9 Å². The van der Waals surface area contributed by atoms with Gasteiger partial charge in [0.05, 0.1) is 12.6 Å². The minimum atomic E-state index is -4.70. The molecule has 2 atom stereocenters. The summed E-state index contributed by atoms with van der Waals surface area (Å²) in [5.74, 6) is 0.284. The van der Waals surface area contributed by atoms with Gasteiger partial charge < -0.3 is 9.64 Å². The Kier molecular flexibility index (Phi) is 4.51. The third-order valence-electron chi connectivity index (χ3n) is 3.66. The predicted octanol–water partition coefficient (Wildman–Crippen LogP) is 2.05. The van der Waals surface area contributed by atoms with E-state index in [9.17, 15) is 17.1 Å². The van der Waals surface area contributed by atoms with Crippen LogP contribution in [0.1, 0.15) is 31.9 Å². The fourth-order valence-electron chi connectivity index (χ4n) is 2.54. The van der Waals surface area contributed by atoms with Gasteiger partial charge in [0.15, 0.2) is 0 Å². The Morgan fingerprint density at radius 2 is 2.10 bits per heavy atom. The molecule has 2 unspecified atom stereocenters. The van der Waals surface area contributed by atoms with E-state index < -0.39 is 15.5 Å². The van der Waals surface area contributed by atoms with Crippen molar-refractivity contribution in [3.63, 3.8) is 0 Å². The number of nitrogens with zero attached hydrogens (tertiary/aromatic N) is 1. The number of carbonyl (C=O) groups is 1. The van der Waals surface area contributed by atoms with Gasteiger partial charge in [0.2, 0.25) is 5.91 Å². The molecule has 0 aliphatic carbocycles. The number of carbonyl (C=O) groups excluding carboxylic acids is 1. The lowest BCUT2D eigenvalue weighted by Crippen LogP contribution is -2.30. The molecule has 1 fully saturated rings. The zero-order valence-corrected chi connectivity index (χ0v) is 12.8. The normalized spacial score (nSPS) is 20.6. The van der Waals surface area contributed by atoms with Crippen molar-refractivity contribution < 1.29 is 21.8 Å². The zero-order valence-electron chi connectivity index (χ0n) is 12.0. The van der Waals surface area contributed by atoms with E-state index in [0.29, 0.717) is 12.4 Å². The second-order valence-electron chi connectivity index (χ2n) is 4.99. The highest BCUT2D eigenvalue weighted by molar-refractivity contribution is 7.87. The van der Waals surface area contributed by atoms with Crippen molar-refractivity contribution >= 4 is 16.1 Å². The maximum Gasteiger partial charge on any atom is 0.307 e. The lowest BCUT2D eigenvalue weighted by molar-refractivity contribution is -0.129. The number of rotatable bonds is 5. The minimum absolute atomic E-state index is 0.126. The van der Waals surface area contributed by atoms with Crippen LogP contribution in [0.5, 0.6) is 5.75 Å². The number of benzene rings is 1. The lowest BCUT2D eigenvalue weighted by Gasteiger charge is -2.26. The molecule has 0 radical (unpaired) electrons. The van der Waals surface area contributed by atoms with Gasteiger partial charge in [-0.15, -0.1) is 3.89 Å². The molecule has 0 spiro atoms. The molecule has 1 aliphatic rings. The van der Waals surface area contributed by atoms with Crippen molar-refractivity contribution in [2.45, 2.75) is 31.6 Å².